The van der Waals surface area contributed by atoms with Gasteiger partial charge in [-0.25, -0.2) is 13.2 Å². The molecule has 1 N–H and O–H groups in total. The van der Waals surface area contributed by atoms with Gasteiger partial charge in [0, 0.05) is 16.1 Å². The molecule has 0 amide bonds. The normalized spacial score (nSPS) is 17.0. The van der Waals surface area contributed by atoms with Crippen LogP contribution in [0.25, 0.3) is 0 Å². The van der Waals surface area contributed by atoms with E-state index in [0.29, 0.717) is 16.1 Å². The predicted octanol–water partition coefficient (Wildman–Crippen LogP) is 2.19. The van der Waals surface area contributed by atoms with Gasteiger partial charge in [-0.3, -0.25) is 14.5 Å². The first kappa shape index (κ1) is 19.1. The van der Waals surface area contributed by atoms with E-state index in [4.69, 9.17) is 16.3 Å². The highest BCUT2D eigenvalue weighted by molar-refractivity contribution is 7.90. The van der Waals surface area contributed by atoms with E-state index in [1.807, 2.05) is 0 Å². The van der Waals surface area contributed by atoms with Crippen LogP contribution in [0.5, 0.6) is 0 Å². The molecule has 140 valence electrons. The molecule has 2 aromatic carbocycles. The molecule has 27 heavy (non-hydrogen) atoms. The molecule has 0 saturated heterocycles. The van der Waals surface area contributed by atoms with Crippen LogP contribution in [0.2, 0.25) is 5.02 Å². The monoisotopic (exact) mass is 406 g/mol. The molecule has 1 heterocycles. The van der Waals surface area contributed by atoms with E-state index in [0.717, 1.165) is 0 Å². The third-order valence-corrected chi connectivity index (χ3v) is 5.45. The van der Waals surface area contributed by atoms with E-state index in [1.54, 1.807) is 36.4 Å². The number of hydrogen-bond donors (Lipinski definition) is 1. The quantitative estimate of drug-likeness (QED) is 0.605. The number of nitrogens with one attached hydrogen (secondary N) is 1. The Kier molecular flexibility index (Phi) is 5.29. The van der Waals surface area contributed by atoms with Crippen molar-refractivity contribution in [3.63, 3.8) is 0 Å². The molecule has 1 unspecified atom stereocenters. The lowest BCUT2D eigenvalue weighted by atomic mass is 10.1. The summed E-state index contributed by atoms with van der Waals surface area (Å²) in [7, 11) is -3.69. The Balaban J connectivity index is 1.68. The number of Topliss-reactive ketones (excluding diaryl/α,β-unsaturated/α-hetero) is 1. The van der Waals surface area contributed by atoms with Crippen molar-refractivity contribution in [2.24, 2.45) is 4.99 Å². The molecule has 0 saturated carbocycles. The second-order valence-corrected chi connectivity index (χ2v) is 7.88. The Bertz CT molecular complexity index is 1050. The highest BCUT2D eigenvalue weighted by Crippen LogP contribution is 2.22. The van der Waals surface area contributed by atoms with Gasteiger partial charge in [-0.05, 0) is 31.2 Å². The predicted molar refractivity (Wildman–Crippen MR) is 99.5 cm³/mol. The van der Waals surface area contributed by atoms with Crippen LogP contribution in [0.15, 0.2) is 58.4 Å². The number of halogens is 1. The van der Waals surface area contributed by atoms with E-state index in [2.05, 4.69) is 9.71 Å². The van der Waals surface area contributed by atoms with E-state index in [9.17, 15) is 18.0 Å². The Morgan fingerprint density at radius 2 is 1.93 bits per heavy atom. The molecule has 0 aliphatic carbocycles. The zero-order valence-corrected chi connectivity index (χ0v) is 15.8. The smallest absolute Gasteiger partial charge is 0.331 e. The second kappa shape index (κ2) is 7.50. The van der Waals surface area contributed by atoms with Gasteiger partial charge in [0.1, 0.15) is 11.9 Å². The van der Waals surface area contributed by atoms with Gasteiger partial charge in [-0.15, -0.1) is 0 Å². The highest BCUT2D eigenvalue weighted by atomic mass is 35.5. The highest BCUT2D eigenvalue weighted by Gasteiger charge is 2.31. The third-order valence-electron chi connectivity index (χ3n) is 3.82. The number of sulfonamides is 1. The molecule has 0 spiro atoms. The summed E-state index contributed by atoms with van der Waals surface area (Å²) < 4.78 is 31.4. The van der Waals surface area contributed by atoms with E-state index in [1.165, 1.54) is 19.1 Å². The summed E-state index contributed by atoms with van der Waals surface area (Å²) in [5.41, 5.74) is 0.707. The Morgan fingerprint density at radius 1 is 1.19 bits per heavy atom. The van der Waals surface area contributed by atoms with Gasteiger partial charge in [-0.2, -0.15) is 0 Å². The van der Waals surface area contributed by atoms with Crippen LogP contribution in [-0.2, 0) is 19.6 Å². The number of ketones is 1. The summed E-state index contributed by atoms with van der Waals surface area (Å²) >= 11 is 5.83. The van der Waals surface area contributed by atoms with Gasteiger partial charge in [0.25, 0.3) is 10.0 Å². The summed E-state index contributed by atoms with van der Waals surface area (Å²) in [6.45, 7) is 0.991. The van der Waals surface area contributed by atoms with Gasteiger partial charge in [0.15, 0.2) is 12.4 Å². The lowest BCUT2D eigenvalue weighted by Crippen LogP contribution is -2.27. The van der Waals surface area contributed by atoms with Crippen molar-refractivity contribution in [3.8, 4) is 0 Å². The Labute approximate surface area is 161 Å². The SMILES string of the molecule is CC(N=C1NS(=O)(=O)c2ccccc21)C(=O)OCC(=O)c1cccc(Cl)c1. The number of rotatable bonds is 5. The maximum Gasteiger partial charge on any atom is 0.331 e. The number of esters is 1. The van der Waals surface area contributed by atoms with Gasteiger partial charge in [0.2, 0.25) is 0 Å². The maximum absolute atomic E-state index is 12.1. The Hall–Kier alpha value is -2.71. The van der Waals surface area contributed by atoms with Crippen LogP contribution in [0.1, 0.15) is 22.8 Å². The van der Waals surface area contributed by atoms with Crippen LogP contribution < -0.4 is 4.72 Å². The van der Waals surface area contributed by atoms with Crippen LogP contribution in [0.3, 0.4) is 0 Å². The number of aliphatic imine (C=N–C) groups is 1. The van der Waals surface area contributed by atoms with E-state index in [-0.39, 0.29) is 10.7 Å². The minimum Gasteiger partial charge on any atom is -0.456 e. The minimum atomic E-state index is -3.69. The zero-order chi connectivity index (χ0) is 19.6. The molecule has 1 aliphatic heterocycles. The summed E-state index contributed by atoms with van der Waals surface area (Å²) in [5, 5.41) is 0.402. The van der Waals surface area contributed by atoms with Crippen LogP contribution in [0, 0.1) is 0 Å². The number of amidine groups is 1. The van der Waals surface area contributed by atoms with Crippen LogP contribution in [-0.4, -0.2) is 38.7 Å². The second-order valence-electron chi connectivity index (χ2n) is 5.80. The molecule has 0 aromatic heterocycles. The summed E-state index contributed by atoms with van der Waals surface area (Å²) in [6.07, 6.45) is 0. The molecule has 0 radical (unpaired) electrons. The molecule has 1 atom stereocenters. The number of fused-ring (bicyclic) bond motifs is 1. The molecule has 3 rings (SSSR count). The number of carbonyl (C=O) groups is 2. The lowest BCUT2D eigenvalue weighted by Gasteiger charge is -2.09. The maximum atomic E-state index is 12.1. The fourth-order valence-electron chi connectivity index (χ4n) is 2.48. The number of nitrogens with zero attached hydrogens (tertiary/aromatic N) is 1. The van der Waals surface area contributed by atoms with Gasteiger partial charge < -0.3 is 4.74 Å². The van der Waals surface area contributed by atoms with Crippen molar-refractivity contribution in [2.45, 2.75) is 17.9 Å². The van der Waals surface area contributed by atoms with E-state index < -0.39 is 34.4 Å². The van der Waals surface area contributed by atoms with Gasteiger partial charge >= 0.3 is 5.97 Å². The van der Waals surface area contributed by atoms with Crippen molar-refractivity contribution < 1.29 is 22.7 Å². The molecular weight excluding hydrogens is 392 g/mol. The molecule has 1 aliphatic rings. The number of carbonyl (C=O) groups excluding carboxylic acids is 2. The summed E-state index contributed by atoms with van der Waals surface area (Å²) in [5.74, 6) is -1.09. The number of hydrogen-bond acceptors (Lipinski definition) is 6. The van der Waals surface area contributed by atoms with Crippen molar-refractivity contribution in [3.05, 3.63) is 64.7 Å². The first-order valence-electron chi connectivity index (χ1n) is 7.93. The minimum absolute atomic E-state index is 0.0659. The average Bonchev–Trinajstić information content (AvgIpc) is 2.90. The fraction of sp³-hybridized carbons (Fsp3) is 0.167. The third kappa shape index (κ3) is 4.17. The first-order chi connectivity index (χ1) is 12.8. The molecule has 0 bridgehead atoms. The van der Waals surface area contributed by atoms with E-state index >= 15 is 0 Å². The number of ether oxygens (including phenoxy) is 1. The Morgan fingerprint density at radius 3 is 2.67 bits per heavy atom. The largest absolute Gasteiger partial charge is 0.456 e. The van der Waals surface area contributed by atoms with Crippen molar-refractivity contribution in [2.75, 3.05) is 6.61 Å². The molecule has 2 aromatic rings. The molecule has 0 fully saturated rings. The zero-order valence-electron chi connectivity index (χ0n) is 14.2. The van der Waals surface area contributed by atoms with Gasteiger partial charge in [0.05, 0.1) is 4.90 Å². The molecular formula is C18H15ClN2O5S. The first-order valence-corrected chi connectivity index (χ1v) is 9.79. The lowest BCUT2D eigenvalue weighted by molar-refractivity contribution is -0.143. The number of benzene rings is 2. The van der Waals surface area contributed by atoms with Crippen molar-refractivity contribution in [1.29, 1.82) is 0 Å². The molecule has 7 nitrogen and oxygen atoms in total. The molecule has 9 heteroatoms. The average molecular weight is 407 g/mol. The van der Waals surface area contributed by atoms with Gasteiger partial charge in [-0.1, -0.05) is 35.9 Å². The summed E-state index contributed by atoms with van der Waals surface area (Å²) in [6, 6.07) is 11.6. The van der Waals surface area contributed by atoms with Crippen LogP contribution in [0.4, 0.5) is 0 Å². The van der Waals surface area contributed by atoms with Crippen molar-refractivity contribution in [1.82, 2.24) is 4.72 Å². The van der Waals surface area contributed by atoms with Crippen molar-refractivity contribution >= 4 is 39.2 Å². The fourth-order valence-corrected chi connectivity index (χ4v) is 3.91. The topological polar surface area (TPSA) is 102 Å². The summed E-state index contributed by atoms with van der Waals surface area (Å²) in [4.78, 5) is 28.4. The van der Waals surface area contributed by atoms with Crippen LogP contribution >= 0.6 is 11.6 Å². The standard InChI is InChI=1S/C18H15ClN2O5S/c1-11(18(23)26-10-15(22)12-5-4-6-13(19)9-12)20-17-14-7-2-3-8-16(14)27(24,25)21-17/h2-9,11H,10H2,1H3,(H,20,21).